The number of para-hydroxylation sites is 1. The van der Waals surface area contributed by atoms with Gasteiger partial charge in [0, 0.05) is 24.5 Å². The molecule has 204 valence electrons. The van der Waals surface area contributed by atoms with Crippen LogP contribution in [0.3, 0.4) is 0 Å². The van der Waals surface area contributed by atoms with Gasteiger partial charge in [-0.15, -0.1) is 0 Å². The SMILES string of the molecule is Cc1c(NC(=O)c2cc(C(N)=O)c3ccccc3n2)c(C(F)(F)F)nn1Cc1cc(CN2CCOCC2)on1. The number of primary amides is 1. The Morgan fingerprint density at radius 1 is 1.13 bits per heavy atom. The van der Waals surface area contributed by atoms with E-state index < -0.39 is 29.4 Å². The van der Waals surface area contributed by atoms with Gasteiger partial charge in [0.05, 0.1) is 48.8 Å². The summed E-state index contributed by atoms with van der Waals surface area (Å²) in [5.41, 5.74) is 4.11. The first-order chi connectivity index (χ1) is 18.6. The number of carbonyl (C=O) groups excluding carboxylic acids is 2. The van der Waals surface area contributed by atoms with Gasteiger partial charge in [-0.1, -0.05) is 23.4 Å². The Morgan fingerprint density at radius 3 is 2.59 bits per heavy atom. The van der Waals surface area contributed by atoms with E-state index in [1.54, 1.807) is 30.3 Å². The Morgan fingerprint density at radius 2 is 1.87 bits per heavy atom. The molecule has 1 fully saturated rings. The molecule has 2 amide bonds. The van der Waals surface area contributed by atoms with Crippen molar-refractivity contribution in [1.82, 2.24) is 24.8 Å². The van der Waals surface area contributed by atoms with Crippen LogP contribution in [0.4, 0.5) is 18.9 Å². The molecular formula is C25H24F3N7O4. The second-order valence-electron chi connectivity index (χ2n) is 9.03. The molecule has 4 aromatic rings. The van der Waals surface area contributed by atoms with Gasteiger partial charge in [-0.25, -0.2) is 4.98 Å². The third kappa shape index (κ3) is 5.61. The summed E-state index contributed by atoms with van der Waals surface area (Å²) in [6.07, 6.45) is -4.86. The summed E-state index contributed by atoms with van der Waals surface area (Å²) >= 11 is 0. The van der Waals surface area contributed by atoms with Crippen LogP contribution in [-0.4, -0.2) is 62.9 Å². The highest BCUT2D eigenvalue weighted by Gasteiger charge is 2.39. The van der Waals surface area contributed by atoms with Crippen molar-refractivity contribution in [2.75, 3.05) is 31.6 Å². The fourth-order valence-corrected chi connectivity index (χ4v) is 4.36. The van der Waals surface area contributed by atoms with Crippen LogP contribution in [0, 0.1) is 6.92 Å². The Kier molecular flexibility index (Phi) is 7.06. The average molecular weight is 544 g/mol. The van der Waals surface area contributed by atoms with Gasteiger partial charge in [0.2, 0.25) is 5.91 Å². The third-order valence-electron chi connectivity index (χ3n) is 6.33. The van der Waals surface area contributed by atoms with Crippen molar-refractivity contribution in [3.05, 3.63) is 70.5 Å². The summed E-state index contributed by atoms with van der Waals surface area (Å²) < 4.78 is 53.5. The number of amides is 2. The Hall–Kier alpha value is -4.30. The maximum atomic E-state index is 13.9. The minimum Gasteiger partial charge on any atom is -0.379 e. The highest BCUT2D eigenvalue weighted by Crippen LogP contribution is 2.36. The van der Waals surface area contributed by atoms with E-state index in [4.69, 9.17) is 15.0 Å². The lowest BCUT2D eigenvalue weighted by molar-refractivity contribution is -0.140. The maximum absolute atomic E-state index is 13.9. The summed E-state index contributed by atoms with van der Waals surface area (Å²) in [6, 6.07) is 9.30. The lowest BCUT2D eigenvalue weighted by atomic mass is 10.1. The summed E-state index contributed by atoms with van der Waals surface area (Å²) in [4.78, 5) is 31.3. The van der Waals surface area contributed by atoms with Crippen LogP contribution >= 0.6 is 0 Å². The molecule has 1 saturated heterocycles. The first-order valence-corrected chi connectivity index (χ1v) is 12.0. The van der Waals surface area contributed by atoms with E-state index >= 15 is 0 Å². The van der Waals surface area contributed by atoms with E-state index in [0.717, 1.165) is 23.8 Å². The van der Waals surface area contributed by atoms with Gasteiger partial charge < -0.3 is 20.3 Å². The molecule has 0 saturated carbocycles. The van der Waals surface area contributed by atoms with Crippen molar-refractivity contribution in [2.24, 2.45) is 5.73 Å². The van der Waals surface area contributed by atoms with Crippen LogP contribution in [0.2, 0.25) is 0 Å². The molecule has 3 aromatic heterocycles. The molecule has 1 aliphatic heterocycles. The highest BCUT2D eigenvalue weighted by molar-refractivity contribution is 6.10. The van der Waals surface area contributed by atoms with E-state index in [2.05, 4.69) is 25.5 Å². The largest absolute Gasteiger partial charge is 0.437 e. The van der Waals surface area contributed by atoms with Gasteiger partial charge in [-0.2, -0.15) is 18.3 Å². The van der Waals surface area contributed by atoms with Crippen molar-refractivity contribution in [3.63, 3.8) is 0 Å². The van der Waals surface area contributed by atoms with Gasteiger partial charge in [-0.05, 0) is 19.1 Å². The molecule has 1 aliphatic rings. The number of morpholine rings is 1. The van der Waals surface area contributed by atoms with Crippen molar-refractivity contribution in [2.45, 2.75) is 26.2 Å². The molecular weight excluding hydrogens is 519 g/mol. The Labute approximate surface area is 219 Å². The van der Waals surface area contributed by atoms with Gasteiger partial charge >= 0.3 is 6.18 Å². The summed E-state index contributed by atoms with van der Waals surface area (Å²) in [5, 5.41) is 10.4. The van der Waals surface area contributed by atoms with Crippen molar-refractivity contribution >= 4 is 28.4 Å². The predicted octanol–water partition coefficient (Wildman–Crippen LogP) is 2.98. The van der Waals surface area contributed by atoms with Crippen molar-refractivity contribution in [3.8, 4) is 0 Å². The summed E-state index contributed by atoms with van der Waals surface area (Å²) in [5.74, 6) is -1.19. The molecule has 5 rings (SSSR count). The zero-order valence-corrected chi connectivity index (χ0v) is 20.8. The number of alkyl halides is 3. The van der Waals surface area contributed by atoms with E-state index in [-0.39, 0.29) is 23.5 Å². The molecule has 0 bridgehead atoms. The predicted molar refractivity (Wildman–Crippen MR) is 132 cm³/mol. The molecule has 0 radical (unpaired) electrons. The van der Waals surface area contributed by atoms with Crippen LogP contribution in [0.5, 0.6) is 0 Å². The number of carbonyl (C=O) groups is 2. The molecule has 4 heterocycles. The molecule has 0 spiro atoms. The highest BCUT2D eigenvalue weighted by atomic mass is 19.4. The number of rotatable bonds is 7. The Balaban J connectivity index is 1.41. The topological polar surface area (TPSA) is 141 Å². The monoisotopic (exact) mass is 543 g/mol. The standard InChI is InChI=1S/C25H24F3N7O4/c1-14-21(31-24(37)20-11-18(23(29)36)17-4-2-3-5-19(17)30-20)22(25(26,27)28)32-35(14)12-15-10-16(39-33-15)13-34-6-8-38-9-7-34/h2-5,10-11H,6-9,12-13H2,1H3,(H2,29,36)(H,31,37). The Bertz CT molecular complexity index is 1540. The van der Waals surface area contributed by atoms with E-state index in [0.29, 0.717) is 42.1 Å². The van der Waals surface area contributed by atoms with Crippen LogP contribution in [-0.2, 0) is 24.0 Å². The first-order valence-electron chi connectivity index (χ1n) is 12.0. The summed E-state index contributed by atoms with van der Waals surface area (Å²) in [6.45, 7) is 4.47. The zero-order chi connectivity index (χ0) is 27.7. The van der Waals surface area contributed by atoms with Crippen molar-refractivity contribution < 1.29 is 32.0 Å². The molecule has 3 N–H and O–H groups in total. The maximum Gasteiger partial charge on any atom is 0.437 e. The van der Waals surface area contributed by atoms with E-state index in [1.165, 1.54) is 6.92 Å². The van der Waals surface area contributed by atoms with Gasteiger partial charge in [-0.3, -0.25) is 19.2 Å². The molecule has 0 atom stereocenters. The smallest absolute Gasteiger partial charge is 0.379 e. The third-order valence-corrected chi connectivity index (χ3v) is 6.33. The number of pyridine rings is 1. The number of ether oxygens (including phenoxy) is 1. The number of fused-ring (bicyclic) bond motifs is 1. The number of benzene rings is 1. The molecule has 0 unspecified atom stereocenters. The van der Waals surface area contributed by atoms with E-state index in [9.17, 15) is 22.8 Å². The second kappa shape index (κ2) is 10.5. The number of aromatic nitrogens is 4. The van der Waals surface area contributed by atoms with E-state index in [1.807, 2.05) is 0 Å². The van der Waals surface area contributed by atoms with Crippen LogP contribution < -0.4 is 11.1 Å². The number of nitrogens with zero attached hydrogens (tertiary/aromatic N) is 5. The number of hydrogen-bond donors (Lipinski definition) is 2. The van der Waals surface area contributed by atoms with Crippen LogP contribution in [0.1, 0.15) is 43.7 Å². The van der Waals surface area contributed by atoms with Gasteiger partial charge in [0.1, 0.15) is 11.4 Å². The molecule has 1 aromatic carbocycles. The van der Waals surface area contributed by atoms with Crippen molar-refractivity contribution in [1.29, 1.82) is 0 Å². The number of nitrogens with one attached hydrogen (secondary N) is 1. The average Bonchev–Trinajstić information content (AvgIpc) is 3.47. The second-order valence-corrected chi connectivity index (χ2v) is 9.03. The number of nitrogens with two attached hydrogens (primary N) is 1. The lowest BCUT2D eigenvalue weighted by Gasteiger charge is -2.25. The quantitative estimate of drug-likeness (QED) is 0.363. The number of halogens is 3. The fourth-order valence-electron chi connectivity index (χ4n) is 4.36. The molecule has 11 nitrogen and oxygen atoms in total. The van der Waals surface area contributed by atoms with Gasteiger partial charge in [0.15, 0.2) is 11.5 Å². The van der Waals surface area contributed by atoms with Crippen LogP contribution in [0.25, 0.3) is 10.9 Å². The molecule has 14 heteroatoms. The number of hydrogen-bond acceptors (Lipinski definition) is 8. The lowest BCUT2D eigenvalue weighted by Crippen LogP contribution is -2.35. The van der Waals surface area contributed by atoms with Crippen LogP contribution in [0.15, 0.2) is 40.9 Å². The minimum atomic E-state index is -4.86. The summed E-state index contributed by atoms with van der Waals surface area (Å²) in [7, 11) is 0. The molecule has 39 heavy (non-hydrogen) atoms. The molecule has 0 aliphatic carbocycles. The normalized spacial score (nSPS) is 14.6. The fraction of sp³-hybridized carbons (Fsp3) is 0.320. The number of anilines is 1. The first kappa shape index (κ1) is 26.3. The van der Waals surface area contributed by atoms with Gasteiger partial charge in [0.25, 0.3) is 5.91 Å². The minimum absolute atomic E-state index is 0.0214. The zero-order valence-electron chi connectivity index (χ0n) is 20.8.